The Morgan fingerprint density at radius 3 is 2.44 bits per heavy atom. The van der Waals surface area contributed by atoms with Gasteiger partial charge in [0.1, 0.15) is 23.0 Å². The quantitative estimate of drug-likeness (QED) is 0.346. The number of rotatable bonds is 6. The fourth-order valence-corrected chi connectivity index (χ4v) is 3.78. The summed E-state index contributed by atoms with van der Waals surface area (Å²) in [6.07, 6.45) is 1.28. The number of nitrogens with one attached hydrogen (secondary N) is 2. The third-order valence-corrected chi connectivity index (χ3v) is 5.58. The lowest BCUT2D eigenvalue weighted by Gasteiger charge is -2.26. The Bertz CT molecular complexity index is 1410. The van der Waals surface area contributed by atoms with Crippen LogP contribution in [-0.2, 0) is 14.4 Å². The Kier molecular flexibility index (Phi) is 7.20. The number of hydrogen-bond acceptors (Lipinski definition) is 5. The molecule has 11 heteroatoms. The second kappa shape index (κ2) is 10.5. The van der Waals surface area contributed by atoms with Crippen molar-refractivity contribution in [2.75, 3.05) is 16.8 Å². The van der Waals surface area contributed by atoms with E-state index in [0.717, 1.165) is 17.0 Å². The number of carbonyl (C=O) groups is 4. The van der Waals surface area contributed by atoms with Crippen molar-refractivity contribution >= 4 is 57.1 Å². The summed E-state index contributed by atoms with van der Waals surface area (Å²) in [5.74, 6) is -3.18. The number of hydrogen-bond donors (Lipinski definition) is 2. The number of para-hydroxylation sites is 1. The van der Waals surface area contributed by atoms with Gasteiger partial charge in [-0.3, -0.25) is 19.7 Å². The molecule has 0 atom stereocenters. The first-order valence-corrected chi connectivity index (χ1v) is 11.2. The summed E-state index contributed by atoms with van der Waals surface area (Å²) < 4.78 is 32.8. The number of benzene rings is 3. The Hall–Kier alpha value is -4.38. The monoisotopic (exact) mass is 555 g/mol. The molecule has 182 valence electrons. The molecule has 0 aliphatic carbocycles. The highest BCUT2D eigenvalue weighted by molar-refractivity contribution is 9.10. The van der Waals surface area contributed by atoms with Crippen molar-refractivity contribution in [3.8, 4) is 5.75 Å². The fourth-order valence-electron chi connectivity index (χ4n) is 3.26. The summed E-state index contributed by atoms with van der Waals surface area (Å²) in [5.41, 5.74) is 0.215. The minimum absolute atomic E-state index is 0.0238. The van der Waals surface area contributed by atoms with Gasteiger partial charge in [-0.25, -0.2) is 18.5 Å². The average molecular weight is 556 g/mol. The number of barbiturate groups is 1. The zero-order valence-corrected chi connectivity index (χ0v) is 19.8. The normalized spacial score (nSPS) is 14.6. The van der Waals surface area contributed by atoms with Gasteiger partial charge in [-0.15, -0.1) is 0 Å². The van der Waals surface area contributed by atoms with E-state index in [1.54, 1.807) is 6.07 Å². The molecule has 1 saturated heterocycles. The van der Waals surface area contributed by atoms with Crippen LogP contribution < -0.4 is 20.3 Å². The maximum absolute atomic E-state index is 13.7. The van der Waals surface area contributed by atoms with Crippen LogP contribution in [0.15, 0.2) is 76.8 Å². The van der Waals surface area contributed by atoms with Crippen molar-refractivity contribution in [1.29, 1.82) is 0 Å². The van der Waals surface area contributed by atoms with Crippen molar-refractivity contribution in [2.45, 2.75) is 0 Å². The van der Waals surface area contributed by atoms with E-state index in [1.807, 2.05) is 0 Å². The second-order valence-corrected chi connectivity index (χ2v) is 8.30. The smallest absolute Gasteiger partial charge is 0.335 e. The number of halogens is 3. The van der Waals surface area contributed by atoms with Gasteiger partial charge in [0.25, 0.3) is 17.7 Å². The Morgan fingerprint density at radius 1 is 1.03 bits per heavy atom. The van der Waals surface area contributed by atoms with Gasteiger partial charge < -0.3 is 10.1 Å². The zero-order valence-electron chi connectivity index (χ0n) is 18.3. The number of amides is 5. The Morgan fingerprint density at radius 2 is 1.75 bits per heavy atom. The molecule has 36 heavy (non-hydrogen) atoms. The number of anilines is 2. The van der Waals surface area contributed by atoms with Crippen molar-refractivity contribution < 1.29 is 32.7 Å². The number of ether oxygens (including phenoxy) is 1. The Labute approximate surface area is 211 Å². The topological polar surface area (TPSA) is 105 Å². The molecule has 0 bridgehead atoms. The third-order valence-electron chi connectivity index (χ3n) is 4.96. The summed E-state index contributed by atoms with van der Waals surface area (Å²) in [7, 11) is 0. The van der Waals surface area contributed by atoms with Crippen LogP contribution >= 0.6 is 15.9 Å². The maximum Gasteiger partial charge on any atom is 0.335 e. The molecular weight excluding hydrogens is 540 g/mol. The van der Waals surface area contributed by atoms with Gasteiger partial charge in [0.15, 0.2) is 6.61 Å². The van der Waals surface area contributed by atoms with Crippen LogP contribution in [0.4, 0.5) is 25.0 Å². The van der Waals surface area contributed by atoms with Crippen LogP contribution in [0.3, 0.4) is 0 Å². The van der Waals surface area contributed by atoms with E-state index < -0.39 is 42.0 Å². The van der Waals surface area contributed by atoms with Gasteiger partial charge in [0.05, 0.1) is 15.8 Å². The second-order valence-electron chi connectivity index (χ2n) is 7.44. The van der Waals surface area contributed by atoms with E-state index in [4.69, 9.17) is 4.74 Å². The van der Waals surface area contributed by atoms with E-state index in [2.05, 4.69) is 26.6 Å². The molecule has 1 heterocycles. The van der Waals surface area contributed by atoms with E-state index in [0.29, 0.717) is 10.0 Å². The van der Waals surface area contributed by atoms with Gasteiger partial charge in [-0.2, -0.15) is 0 Å². The summed E-state index contributed by atoms with van der Waals surface area (Å²) in [4.78, 5) is 50.3. The molecule has 1 aliphatic rings. The van der Waals surface area contributed by atoms with Crippen molar-refractivity contribution in [1.82, 2.24) is 5.32 Å². The minimum atomic E-state index is -0.952. The molecule has 4 rings (SSSR count). The molecule has 5 amide bonds. The predicted octanol–water partition coefficient (Wildman–Crippen LogP) is 4.41. The third kappa shape index (κ3) is 5.47. The van der Waals surface area contributed by atoms with Gasteiger partial charge in [0.2, 0.25) is 0 Å². The summed E-state index contributed by atoms with van der Waals surface area (Å²) in [6.45, 7) is -0.400. The van der Waals surface area contributed by atoms with Crippen LogP contribution in [0.25, 0.3) is 6.08 Å². The summed E-state index contributed by atoms with van der Waals surface area (Å²) in [6, 6.07) is 14.0. The SMILES string of the molecule is O=C(COc1ccc(/C=C2\C(=O)NC(=O)N(c3ccc(F)cc3)C2=O)cc1Br)Nc1ccccc1F. The zero-order chi connectivity index (χ0) is 25.8. The van der Waals surface area contributed by atoms with Crippen LogP contribution in [0.5, 0.6) is 5.75 Å². The van der Waals surface area contributed by atoms with Crippen molar-refractivity contribution in [2.24, 2.45) is 0 Å². The standard InChI is InChI=1S/C25H16BrF2N3O5/c26-18-12-14(5-10-21(18)36-13-22(32)29-20-4-2-1-3-19(20)28)11-17-23(33)30-25(35)31(24(17)34)16-8-6-15(27)7-9-16/h1-12H,13H2,(H,29,32)(H,30,33,35)/b17-11+. The lowest BCUT2D eigenvalue weighted by molar-refractivity contribution is -0.122. The molecule has 0 unspecified atom stereocenters. The molecule has 0 saturated carbocycles. The highest BCUT2D eigenvalue weighted by atomic mass is 79.9. The van der Waals surface area contributed by atoms with Gasteiger partial charge in [-0.1, -0.05) is 18.2 Å². The highest BCUT2D eigenvalue weighted by Crippen LogP contribution is 2.28. The molecule has 8 nitrogen and oxygen atoms in total. The van der Waals surface area contributed by atoms with E-state index in [1.165, 1.54) is 54.6 Å². The first kappa shape index (κ1) is 24.7. The fraction of sp³-hybridized carbons (Fsp3) is 0.0400. The maximum atomic E-state index is 13.7. The van der Waals surface area contributed by atoms with E-state index >= 15 is 0 Å². The van der Waals surface area contributed by atoms with Gasteiger partial charge in [-0.05, 0) is 76.1 Å². The van der Waals surface area contributed by atoms with Gasteiger partial charge >= 0.3 is 6.03 Å². The van der Waals surface area contributed by atoms with E-state index in [9.17, 15) is 28.0 Å². The molecule has 2 N–H and O–H groups in total. The molecule has 1 fully saturated rings. The van der Waals surface area contributed by atoms with Crippen LogP contribution in [0.2, 0.25) is 0 Å². The number of nitrogens with zero attached hydrogens (tertiary/aromatic N) is 1. The molecular formula is C25H16BrF2N3O5. The van der Waals surface area contributed by atoms with E-state index in [-0.39, 0.29) is 22.7 Å². The number of urea groups is 1. The van der Waals surface area contributed by atoms with Gasteiger partial charge in [0, 0.05) is 0 Å². The molecule has 0 aromatic heterocycles. The first-order chi connectivity index (χ1) is 17.2. The number of imide groups is 2. The summed E-state index contributed by atoms with van der Waals surface area (Å²) >= 11 is 3.30. The lowest BCUT2D eigenvalue weighted by atomic mass is 10.1. The Balaban J connectivity index is 1.48. The molecule has 0 spiro atoms. The van der Waals surface area contributed by atoms with Crippen LogP contribution in [0, 0.1) is 11.6 Å². The van der Waals surface area contributed by atoms with Crippen LogP contribution in [-0.4, -0.2) is 30.4 Å². The average Bonchev–Trinajstić information content (AvgIpc) is 2.84. The molecule has 0 radical (unpaired) electrons. The highest BCUT2D eigenvalue weighted by Gasteiger charge is 2.36. The minimum Gasteiger partial charge on any atom is -0.483 e. The molecule has 3 aromatic carbocycles. The first-order valence-electron chi connectivity index (χ1n) is 10.4. The van der Waals surface area contributed by atoms with Crippen molar-refractivity contribution in [3.63, 3.8) is 0 Å². The van der Waals surface area contributed by atoms with Crippen molar-refractivity contribution in [3.05, 3.63) is 94.0 Å². The lowest BCUT2D eigenvalue weighted by Crippen LogP contribution is -2.54. The molecule has 1 aliphatic heterocycles. The number of carbonyl (C=O) groups excluding carboxylic acids is 4. The molecule has 3 aromatic rings. The predicted molar refractivity (Wildman–Crippen MR) is 130 cm³/mol. The largest absolute Gasteiger partial charge is 0.483 e. The summed E-state index contributed by atoms with van der Waals surface area (Å²) in [5, 5.41) is 4.48. The van der Waals surface area contributed by atoms with Crippen LogP contribution in [0.1, 0.15) is 5.56 Å².